The lowest BCUT2D eigenvalue weighted by Crippen LogP contribution is -2.07. The molecule has 0 aliphatic rings. The highest BCUT2D eigenvalue weighted by atomic mass is 35.5. The Morgan fingerprint density at radius 1 is 1.05 bits per heavy atom. The van der Waals surface area contributed by atoms with Crippen molar-refractivity contribution in [3.8, 4) is 5.75 Å². The Morgan fingerprint density at radius 3 is 2.53 bits per heavy atom. The van der Waals surface area contributed by atoms with E-state index in [4.69, 9.17) is 16.3 Å². The summed E-state index contributed by atoms with van der Waals surface area (Å²) in [6.07, 6.45) is 0.930. The first kappa shape index (κ1) is 13.8. The van der Waals surface area contributed by atoms with E-state index in [-0.39, 0.29) is 0 Å². The van der Waals surface area contributed by atoms with Gasteiger partial charge in [0, 0.05) is 6.54 Å². The van der Waals surface area contributed by atoms with Gasteiger partial charge in [0.05, 0.1) is 17.3 Å². The Hall–Kier alpha value is -1.67. The number of rotatable bonds is 6. The number of ether oxygens (including phenoxy) is 1. The number of para-hydroxylation sites is 1. The molecule has 0 radical (unpaired) electrons. The molecule has 2 aromatic carbocycles. The molecular weight excluding hydrogens is 258 g/mol. The highest BCUT2D eigenvalue weighted by Crippen LogP contribution is 2.20. The molecule has 0 saturated heterocycles. The van der Waals surface area contributed by atoms with Gasteiger partial charge in [0.1, 0.15) is 5.75 Å². The molecule has 3 heteroatoms. The van der Waals surface area contributed by atoms with E-state index in [0.717, 1.165) is 29.4 Å². The van der Waals surface area contributed by atoms with Gasteiger partial charge in [-0.15, -0.1) is 0 Å². The van der Waals surface area contributed by atoms with Crippen LogP contribution in [0.5, 0.6) is 5.75 Å². The molecule has 1 N–H and O–H groups in total. The van der Waals surface area contributed by atoms with Gasteiger partial charge in [-0.1, -0.05) is 41.4 Å². The predicted octanol–water partition coefficient (Wildman–Crippen LogP) is 4.53. The number of hydrogen-bond donors (Lipinski definition) is 1. The summed E-state index contributed by atoms with van der Waals surface area (Å²) < 4.78 is 5.66. The Morgan fingerprint density at radius 2 is 1.79 bits per heavy atom. The predicted molar refractivity (Wildman–Crippen MR) is 81.2 cm³/mol. The molecule has 0 fully saturated rings. The standard InChI is InChI=1S/C16H18ClNO/c1-13-7-9-14(10-8-13)19-12-4-11-18-16-6-3-2-5-15(16)17/h2-3,5-10,18H,4,11-12H2,1H3. The van der Waals surface area contributed by atoms with E-state index in [1.54, 1.807) is 0 Å². The van der Waals surface area contributed by atoms with Crippen molar-refractivity contribution in [2.24, 2.45) is 0 Å². The first-order valence-corrected chi connectivity index (χ1v) is 6.81. The van der Waals surface area contributed by atoms with Crippen LogP contribution in [0.25, 0.3) is 0 Å². The van der Waals surface area contributed by atoms with Gasteiger partial charge in [-0.25, -0.2) is 0 Å². The second-order valence-electron chi connectivity index (χ2n) is 4.42. The third kappa shape index (κ3) is 4.49. The molecule has 0 unspecified atom stereocenters. The Kier molecular flexibility index (Phi) is 5.10. The molecule has 0 aromatic heterocycles. The van der Waals surface area contributed by atoms with Gasteiger partial charge in [0.2, 0.25) is 0 Å². The van der Waals surface area contributed by atoms with Crippen LogP contribution in [0, 0.1) is 6.92 Å². The van der Waals surface area contributed by atoms with Crippen LogP contribution in [-0.2, 0) is 0 Å². The van der Waals surface area contributed by atoms with E-state index in [1.165, 1.54) is 5.56 Å². The zero-order chi connectivity index (χ0) is 13.5. The molecule has 0 aliphatic heterocycles. The van der Waals surface area contributed by atoms with E-state index in [9.17, 15) is 0 Å². The maximum atomic E-state index is 6.05. The Bertz CT molecular complexity index is 510. The van der Waals surface area contributed by atoms with Gasteiger partial charge in [-0.05, 0) is 37.6 Å². The van der Waals surface area contributed by atoms with E-state index in [0.29, 0.717) is 6.61 Å². The van der Waals surface area contributed by atoms with Crippen LogP contribution in [0.4, 0.5) is 5.69 Å². The summed E-state index contributed by atoms with van der Waals surface area (Å²) in [4.78, 5) is 0. The fourth-order valence-electron chi connectivity index (χ4n) is 1.72. The molecule has 0 aliphatic carbocycles. The van der Waals surface area contributed by atoms with Crippen molar-refractivity contribution in [3.63, 3.8) is 0 Å². The van der Waals surface area contributed by atoms with Crippen molar-refractivity contribution in [2.75, 3.05) is 18.5 Å². The number of anilines is 1. The van der Waals surface area contributed by atoms with Gasteiger partial charge < -0.3 is 10.1 Å². The fourth-order valence-corrected chi connectivity index (χ4v) is 1.93. The minimum Gasteiger partial charge on any atom is -0.494 e. The van der Waals surface area contributed by atoms with Crippen molar-refractivity contribution in [1.82, 2.24) is 0 Å². The lowest BCUT2D eigenvalue weighted by atomic mass is 10.2. The molecule has 100 valence electrons. The fraction of sp³-hybridized carbons (Fsp3) is 0.250. The normalized spacial score (nSPS) is 10.2. The molecule has 2 aromatic rings. The largest absolute Gasteiger partial charge is 0.494 e. The van der Waals surface area contributed by atoms with Gasteiger partial charge >= 0.3 is 0 Å². The molecule has 0 bridgehead atoms. The highest BCUT2D eigenvalue weighted by molar-refractivity contribution is 6.33. The average Bonchev–Trinajstić information content (AvgIpc) is 2.42. The van der Waals surface area contributed by atoms with E-state index in [2.05, 4.69) is 24.4 Å². The number of halogens is 1. The van der Waals surface area contributed by atoms with Crippen molar-refractivity contribution >= 4 is 17.3 Å². The SMILES string of the molecule is Cc1ccc(OCCCNc2ccccc2Cl)cc1. The summed E-state index contributed by atoms with van der Waals surface area (Å²) in [5.74, 6) is 0.920. The number of aryl methyl sites for hydroxylation is 1. The summed E-state index contributed by atoms with van der Waals surface area (Å²) in [6, 6.07) is 15.9. The number of nitrogens with one attached hydrogen (secondary N) is 1. The van der Waals surface area contributed by atoms with Crippen LogP contribution in [0.2, 0.25) is 5.02 Å². The first-order chi connectivity index (χ1) is 9.25. The van der Waals surface area contributed by atoms with Crippen molar-refractivity contribution in [2.45, 2.75) is 13.3 Å². The zero-order valence-corrected chi connectivity index (χ0v) is 11.8. The molecule has 0 amide bonds. The second-order valence-corrected chi connectivity index (χ2v) is 4.83. The Balaban J connectivity index is 1.67. The topological polar surface area (TPSA) is 21.3 Å². The van der Waals surface area contributed by atoms with E-state index >= 15 is 0 Å². The molecule has 0 heterocycles. The van der Waals surface area contributed by atoms with Crippen LogP contribution < -0.4 is 10.1 Å². The van der Waals surface area contributed by atoms with Crippen LogP contribution in [0.3, 0.4) is 0 Å². The van der Waals surface area contributed by atoms with E-state index in [1.807, 2.05) is 36.4 Å². The molecule has 0 spiro atoms. The summed E-state index contributed by atoms with van der Waals surface area (Å²) in [5.41, 5.74) is 2.22. The molecule has 2 rings (SSSR count). The maximum Gasteiger partial charge on any atom is 0.119 e. The Labute approximate surface area is 119 Å². The van der Waals surface area contributed by atoms with Gasteiger partial charge in [-0.3, -0.25) is 0 Å². The van der Waals surface area contributed by atoms with Crippen molar-refractivity contribution in [3.05, 3.63) is 59.1 Å². The van der Waals surface area contributed by atoms with Crippen molar-refractivity contribution < 1.29 is 4.74 Å². The number of hydrogen-bond acceptors (Lipinski definition) is 2. The van der Waals surface area contributed by atoms with E-state index < -0.39 is 0 Å². The summed E-state index contributed by atoms with van der Waals surface area (Å²) in [7, 11) is 0. The average molecular weight is 276 g/mol. The first-order valence-electron chi connectivity index (χ1n) is 6.43. The van der Waals surface area contributed by atoms with Crippen molar-refractivity contribution in [1.29, 1.82) is 0 Å². The van der Waals surface area contributed by atoms with Crippen LogP contribution >= 0.6 is 11.6 Å². The van der Waals surface area contributed by atoms with Gasteiger partial charge in [0.25, 0.3) is 0 Å². The minimum atomic E-state index is 0.695. The molecule has 2 nitrogen and oxygen atoms in total. The monoisotopic (exact) mass is 275 g/mol. The summed E-state index contributed by atoms with van der Waals surface area (Å²) in [6.45, 7) is 3.60. The van der Waals surface area contributed by atoms with Crippen LogP contribution in [0.1, 0.15) is 12.0 Å². The molecule has 0 saturated carbocycles. The molecular formula is C16H18ClNO. The lowest BCUT2D eigenvalue weighted by Gasteiger charge is -2.09. The third-order valence-corrected chi connectivity index (χ3v) is 3.13. The minimum absolute atomic E-state index is 0.695. The van der Waals surface area contributed by atoms with Gasteiger partial charge in [-0.2, -0.15) is 0 Å². The van der Waals surface area contributed by atoms with Gasteiger partial charge in [0.15, 0.2) is 0 Å². The smallest absolute Gasteiger partial charge is 0.119 e. The third-order valence-electron chi connectivity index (χ3n) is 2.80. The zero-order valence-electron chi connectivity index (χ0n) is 11.0. The summed E-state index contributed by atoms with van der Waals surface area (Å²) in [5, 5.41) is 4.05. The van der Waals surface area contributed by atoms with Crippen LogP contribution in [-0.4, -0.2) is 13.2 Å². The van der Waals surface area contributed by atoms with Crippen LogP contribution in [0.15, 0.2) is 48.5 Å². The highest BCUT2D eigenvalue weighted by Gasteiger charge is 1.97. The summed E-state index contributed by atoms with van der Waals surface area (Å²) >= 11 is 6.05. The lowest BCUT2D eigenvalue weighted by molar-refractivity contribution is 0.315. The molecule has 19 heavy (non-hydrogen) atoms. The molecule has 0 atom stereocenters. The second kappa shape index (κ2) is 7.05. The maximum absolute atomic E-state index is 6.05. The quantitative estimate of drug-likeness (QED) is 0.782. The number of benzene rings is 2.